The molecule has 2 rings (SSSR count). The van der Waals surface area contributed by atoms with Crippen LogP contribution in [0.15, 0.2) is 24.3 Å². The van der Waals surface area contributed by atoms with Crippen molar-refractivity contribution in [2.75, 3.05) is 14.1 Å². The molecular formula is C17H24ClNO. The van der Waals surface area contributed by atoms with Crippen molar-refractivity contribution in [2.45, 2.75) is 44.6 Å². The van der Waals surface area contributed by atoms with E-state index in [1.54, 1.807) is 0 Å². The third kappa shape index (κ3) is 3.24. The molecule has 110 valence electrons. The molecule has 1 aliphatic carbocycles. The predicted octanol–water partition coefficient (Wildman–Crippen LogP) is 3.96. The van der Waals surface area contributed by atoms with Crippen molar-refractivity contribution in [1.82, 2.24) is 4.90 Å². The number of carbonyl (C=O) groups is 1. The topological polar surface area (TPSA) is 20.3 Å². The fourth-order valence-corrected chi connectivity index (χ4v) is 3.64. The van der Waals surface area contributed by atoms with E-state index < -0.39 is 0 Å². The maximum Gasteiger partial charge on any atom is 0.157 e. The fraction of sp³-hybridized carbons (Fsp3) is 0.588. The number of carbonyl (C=O) groups excluding carboxylic acids is 1. The first-order valence-corrected chi connectivity index (χ1v) is 7.77. The van der Waals surface area contributed by atoms with Crippen LogP contribution in [-0.4, -0.2) is 30.3 Å². The molecule has 1 aromatic rings. The van der Waals surface area contributed by atoms with Crippen molar-refractivity contribution in [1.29, 1.82) is 0 Å². The molecule has 1 saturated carbocycles. The number of ketones is 1. The van der Waals surface area contributed by atoms with Crippen LogP contribution in [-0.2, 0) is 11.2 Å². The van der Waals surface area contributed by atoms with E-state index in [0.29, 0.717) is 23.1 Å². The molecule has 1 aliphatic rings. The van der Waals surface area contributed by atoms with E-state index in [2.05, 4.69) is 11.8 Å². The van der Waals surface area contributed by atoms with E-state index in [-0.39, 0.29) is 5.54 Å². The third-order valence-corrected chi connectivity index (χ3v) is 4.84. The Morgan fingerprint density at radius 1 is 1.45 bits per heavy atom. The Kier molecular flexibility index (Phi) is 4.87. The van der Waals surface area contributed by atoms with Crippen molar-refractivity contribution in [3.63, 3.8) is 0 Å². The number of halogens is 1. The molecule has 0 bridgehead atoms. The first kappa shape index (κ1) is 15.5. The maximum atomic E-state index is 12.9. The van der Waals surface area contributed by atoms with Gasteiger partial charge in [0.2, 0.25) is 0 Å². The predicted molar refractivity (Wildman–Crippen MR) is 84.2 cm³/mol. The minimum atomic E-state index is -0.292. The van der Waals surface area contributed by atoms with E-state index in [4.69, 9.17) is 11.6 Å². The average molecular weight is 294 g/mol. The van der Waals surface area contributed by atoms with Gasteiger partial charge in [0.05, 0.1) is 5.54 Å². The molecule has 1 aromatic carbocycles. The molecule has 0 spiro atoms. The molecule has 2 atom stereocenters. The SMILES string of the molecule is CC1CCCC(C(=O)Cc2cccc(Cl)c2)(N(C)C)C1. The highest BCUT2D eigenvalue weighted by Gasteiger charge is 2.42. The van der Waals surface area contributed by atoms with E-state index in [0.717, 1.165) is 24.8 Å². The van der Waals surface area contributed by atoms with Crippen molar-refractivity contribution in [2.24, 2.45) is 5.92 Å². The molecule has 0 aliphatic heterocycles. The Labute approximate surface area is 127 Å². The van der Waals surface area contributed by atoms with Crippen LogP contribution in [0.1, 0.15) is 38.2 Å². The smallest absolute Gasteiger partial charge is 0.157 e. The first-order chi connectivity index (χ1) is 9.44. The second-order valence-electron chi connectivity index (χ2n) is 6.36. The lowest BCUT2D eigenvalue weighted by atomic mass is 9.72. The standard InChI is InChI=1S/C17H24ClNO/c1-13-6-5-9-17(12-13,19(2)3)16(20)11-14-7-4-8-15(18)10-14/h4,7-8,10,13H,5-6,9,11-12H2,1-3H3. The van der Waals surface area contributed by atoms with Crippen LogP contribution in [0.4, 0.5) is 0 Å². The van der Waals surface area contributed by atoms with Gasteiger partial charge in [-0.05, 0) is 50.6 Å². The number of hydrogen-bond acceptors (Lipinski definition) is 2. The van der Waals surface area contributed by atoms with Gasteiger partial charge in [0, 0.05) is 11.4 Å². The number of hydrogen-bond donors (Lipinski definition) is 0. The summed E-state index contributed by atoms with van der Waals surface area (Å²) < 4.78 is 0. The second kappa shape index (κ2) is 6.28. The normalized spacial score (nSPS) is 26.8. The highest BCUT2D eigenvalue weighted by atomic mass is 35.5. The highest BCUT2D eigenvalue weighted by Crippen LogP contribution is 2.37. The molecule has 0 amide bonds. The molecule has 1 fully saturated rings. The van der Waals surface area contributed by atoms with Gasteiger partial charge in [-0.3, -0.25) is 9.69 Å². The molecule has 0 heterocycles. The van der Waals surface area contributed by atoms with Gasteiger partial charge in [-0.15, -0.1) is 0 Å². The van der Waals surface area contributed by atoms with Gasteiger partial charge < -0.3 is 0 Å². The van der Waals surface area contributed by atoms with Gasteiger partial charge in [0.15, 0.2) is 5.78 Å². The van der Waals surface area contributed by atoms with Gasteiger partial charge in [0.25, 0.3) is 0 Å². The Morgan fingerprint density at radius 3 is 2.80 bits per heavy atom. The third-order valence-electron chi connectivity index (χ3n) is 4.60. The zero-order valence-electron chi connectivity index (χ0n) is 12.7. The largest absolute Gasteiger partial charge is 0.297 e. The first-order valence-electron chi connectivity index (χ1n) is 7.39. The molecule has 2 unspecified atom stereocenters. The summed E-state index contributed by atoms with van der Waals surface area (Å²) in [7, 11) is 4.07. The number of Topliss-reactive ketones (excluding diaryl/α,β-unsaturated/α-hetero) is 1. The summed E-state index contributed by atoms with van der Waals surface area (Å²) >= 11 is 6.01. The van der Waals surface area contributed by atoms with Crippen molar-refractivity contribution in [3.8, 4) is 0 Å². The van der Waals surface area contributed by atoms with Crippen molar-refractivity contribution in [3.05, 3.63) is 34.9 Å². The van der Waals surface area contributed by atoms with Crippen molar-refractivity contribution < 1.29 is 4.79 Å². The minimum absolute atomic E-state index is 0.292. The lowest BCUT2D eigenvalue weighted by molar-refractivity contribution is -0.132. The van der Waals surface area contributed by atoms with Crippen LogP contribution >= 0.6 is 11.6 Å². The van der Waals surface area contributed by atoms with E-state index in [1.807, 2.05) is 38.4 Å². The molecule has 0 aromatic heterocycles. The molecular weight excluding hydrogens is 270 g/mol. The van der Waals surface area contributed by atoms with Crippen LogP contribution < -0.4 is 0 Å². The average Bonchev–Trinajstić information content (AvgIpc) is 2.38. The quantitative estimate of drug-likeness (QED) is 0.837. The van der Waals surface area contributed by atoms with Crippen molar-refractivity contribution >= 4 is 17.4 Å². The maximum absolute atomic E-state index is 12.9. The number of likely N-dealkylation sites (N-methyl/N-ethyl adjacent to an activating group) is 1. The Hall–Kier alpha value is -0.860. The number of rotatable bonds is 4. The minimum Gasteiger partial charge on any atom is -0.297 e. The van der Waals surface area contributed by atoms with Gasteiger partial charge in [-0.1, -0.05) is 43.5 Å². The molecule has 0 radical (unpaired) electrons. The fourth-order valence-electron chi connectivity index (χ4n) is 3.43. The van der Waals surface area contributed by atoms with E-state index >= 15 is 0 Å². The summed E-state index contributed by atoms with van der Waals surface area (Å²) in [6.07, 6.45) is 4.80. The molecule has 3 heteroatoms. The lowest BCUT2D eigenvalue weighted by Gasteiger charge is -2.44. The summed E-state index contributed by atoms with van der Waals surface area (Å²) in [5.74, 6) is 0.950. The number of nitrogens with zero attached hydrogens (tertiary/aromatic N) is 1. The Bertz CT molecular complexity index is 486. The van der Waals surface area contributed by atoms with Gasteiger partial charge >= 0.3 is 0 Å². The summed E-state index contributed by atoms with van der Waals surface area (Å²) in [6.45, 7) is 2.25. The second-order valence-corrected chi connectivity index (χ2v) is 6.79. The molecule has 0 saturated heterocycles. The van der Waals surface area contributed by atoms with Crippen LogP contribution in [0.3, 0.4) is 0 Å². The molecule has 20 heavy (non-hydrogen) atoms. The van der Waals surface area contributed by atoms with E-state index in [1.165, 1.54) is 6.42 Å². The summed E-state index contributed by atoms with van der Waals surface area (Å²) in [6, 6.07) is 7.64. The molecule has 2 nitrogen and oxygen atoms in total. The Morgan fingerprint density at radius 2 is 2.20 bits per heavy atom. The van der Waals surface area contributed by atoms with Crippen LogP contribution in [0.25, 0.3) is 0 Å². The number of benzene rings is 1. The molecule has 0 N–H and O–H groups in total. The van der Waals surface area contributed by atoms with E-state index in [9.17, 15) is 4.79 Å². The monoisotopic (exact) mass is 293 g/mol. The zero-order valence-corrected chi connectivity index (χ0v) is 13.4. The summed E-state index contributed by atoms with van der Waals surface area (Å²) in [5, 5.41) is 0.700. The highest BCUT2D eigenvalue weighted by molar-refractivity contribution is 6.30. The van der Waals surface area contributed by atoms with Gasteiger partial charge in [0.1, 0.15) is 0 Å². The zero-order chi connectivity index (χ0) is 14.8. The Balaban J connectivity index is 2.19. The lowest BCUT2D eigenvalue weighted by Crippen LogP contribution is -2.54. The van der Waals surface area contributed by atoms with Crippen LogP contribution in [0.5, 0.6) is 0 Å². The summed E-state index contributed by atoms with van der Waals surface area (Å²) in [4.78, 5) is 15.0. The van der Waals surface area contributed by atoms with Crippen LogP contribution in [0, 0.1) is 5.92 Å². The van der Waals surface area contributed by atoms with Gasteiger partial charge in [-0.25, -0.2) is 0 Å². The van der Waals surface area contributed by atoms with Crippen LogP contribution in [0.2, 0.25) is 5.02 Å². The van der Waals surface area contributed by atoms with Gasteiger partial charge in [-0.2, -0.15) is 0 Å². The summed E-state index contributed by atoms with van der Waals surface area (Å²) in [5.41, 5.74) is 0.724.